The molecule has 1 aliphatic rings. The number of nitrogens with one attached hydrogen (secondary N) is 1. The second kappa shape index (κ2) is 4.98. The van der Waals surface area contributed by atoms with Crippen LogP contribution in [0.4, 0.5) is 5.69 Å². The van der Waals surface area contributed by atoms with E-state index in [1.165, 1.54) is 31.6 Å². The van der Waals surface area contributed by atoms with Gasteiger partial charge >= 0.3 is 0 Å². The van der Waals surface area contributed by atoms with Crippen molar-refractivity contribution >= 4 is 28.6 Å². The fraction of sp³-hybridized carbons (Fsp3) is 0.455. The topological polar surface area (TPSA) is 15.3 Å². The molecule has 1 N–H and O–H groups in total. The molecule has 0 aliphatic carbocycles. The Labute approximate surface area is 99.2 Å². The lowest BCUT2D eigenvalue weighted by Gasteiger charge is -2.32. The monoisotopic (exact) mass is 302 g/mol. The lowest BCUT2D eigenvalue weighted by atomic mass is 10.1. The van der Waals surface area contributed by atoms with Crippen LogP contribution in [0.25, 0.3) is 0 Å². The number of nitrogens with zero attached hydrogens (tertiary/aromatic N) is 1. The number of anilines is 1. The van der Waals surface area contributed by atoms with E-state index in [4.69, 9.17) is 0 Å². The van der Waals surface area contributed by atoms with Crippen LogP contribution in [0.2, 0.25) is 0 Å². The van der Waals surface area contributed by atoms with Crippen molar-refractivity contribution in [2.75, 3.05) is 18.0 Å². The molecule has 2 rings (SSSR count). The molecule has 2 nitrogen and oxygen atoms in total. The normalized spacial score (nSPS) is 18.5. The highest BCUT2D eigenvalue weighted by atomic mass is 127. The van der Waals surface area contributed by atoms with Crippen LogP contribution in [0.5, 0.6) is 0 Å². The largest absolute Gasteiger partial charge is 0.371 e. The van der Waals surface area contributed by atoms with Crippen molar-refractivity contribution in [1.29, 1.82) is 0 Å². The van der Waals surface area contributed by atoms with Gasteiger partial charge in [0.2, 0.25) is 0 Å². The van der Waals surface area contributed by atoms with Crippen LogP contribution in [0.1, 0.15) is 12.8 Å². The first-order chi connectivity index (χ1) is 6.90. The highest BCUT2D eigenvalue weighted by molar-refractivity contribution is 14.1. The molecule has 1 aromatic rings. The summed E-state index contributed by atoms with van der Waals surface area (Å²) in [5.74, 6) is 0. The van der Waals surface area contributed by atoms with E-state index >= 15 is 0 Å². The van der Waals surface area contributed by atoms with Gasteiger partial charge in [-0.25, -0.2) is 0 Å². The fourth-order valence-electron chi connectivity index (χ4n) is 1.89. The Balaban J connectivity index is 1.96. The Morgan fingerprint density at radius 2 is 1.79 bits per heavy atom. The first kappa shape index (κ1) is 10.2. The lowest BCUT2D eigenvalue weighted by Crippen LogP contribution is -2.39. The Morgan fingerprint density at radius 1 is 1.14 bits per heavy atom. The van der Waals surface area contributed by atoms with Crippen LogP contribution in [0.15, 0.2) is 30.3 Å². The number of hydrogen-bond acceptors (Lipinski definition) is 2. The first-order valence-corrected chi connectivity index (χ1v) is 6.14. The maximum atomic E-state index is 3.32. The molecule has 0 atom stereocenters. The van der Waals surface area contributed by atoms with Gasteiger partial charge in [-0.05, 0) is 25.0 Å². The van der Waals surface area contributed by atoms with E-state index in [-0.39, 0.29) is 0 Å². The summed E-state index contributed by atoms with van der Waals surface area (Å²) in [5, 5.41) is 0. The van der Waals surface area contributed by atoms with E-state index < -0.39 is 0 Å². The summed E-state index contributed by atoms with van der Waals surface area (Å²) < 4.78 is 3.32. The number of para-hydroxylation sites is 1. The molecule has 0 bridgehead atoms. The fourth-order valence-corrected chi connectivity index (χ4v) is 2.51. The predicted molar refractivity (Wildman–Crippen MR) is 68.8 cm³/mol. The van der Waals surface area contributed by atoms with Crippen LogP contribution in [0.3, 0.4) is 0 Å². The van der Waals surface area contributed by atoms with Crippen molar-refractivity contribution in [1.82, 2.24) is 3.53 Å². The Hall–Kier alpha value is -0.290. The molecule has 0 unspecified atom stereocenters. The highest BCUT2D eigenvalue weighted by Gasteiger charge is 2.17. The second-order valence-corrected chi connectivity index (χ2v) is 4.33. The van der Waals surface area contributed by atoms with E-state index in [2.05, 4.69) is 61.6 Å². The maximum absolute atomic E-state index is 3.32. The number of piperidine rings is 1. The smallest absolute Gasteiger partial charge is 0.0366 e. The molecule has 0 amide bonds. The average Bonchev–Trinajstić information content (AvgIpc) is 2.30. The SMILES string of the molecule is INC1CCN(c2ccccc2)CC1. The van der Waals surface area contributed by atoms with Gasteiger partial charge in [0.05, 0.1) is 0 Å². The van der Waals surface area contributed by atoms with Crippen LogP contribution < -0.4 is 8.43 Å². The molecule has 1 aliphatic heterocycles. The summed E-state index contributed by atoms with van der Waals surface area (Å²) in [6.07, 6.45) is 2.50. The number of halogens is 1. The molecule has 0 aromatic heterocycles. The molecule has 3 heteroatoms. The van der Waals surface area contributed by atoms with Crippen molar-refractivity contribution in [3.8, 4) is 0 Å². The average molecular weight is 302 g/mol. The summed E-state index contributed by atoms with van der Waals surface area (Å²) >= 11 is 2.26. The molecule has 0 radical (unpaired) electrons. The third kappa shape index (κ3) is 2.39. The number of hydrogen-bond donors (Lipinski definition) is 1. The van der Waals surface area contributed by atoms with Gasteiger partial charge in [0, 0.05) is 47.7 Å². The zero-order chi connectivity index (χ0) is 9.80. The minimum absolute atomic E-state index is 0.704. The van der Waals surface area contributed by atoms with Crippen LogP contribution in [-0.2, 0) is 0 Å². The summed E-state index contributed by atoms with van der Waals surface area (Å²) in [7, 11) is 0. The van der Waals surface area contributed by atoms with Crippen molar-refractivity contribution in [3.63, 3.8) is 0 Å². The van der Waals surface area contributed by atoms with Crippen LogP contribution in [0, 0.1) is 0 Å². The lowest BCUT2D eigenvalue weighted by molar-refractivity contribution is 0.487. The van der Waals surface area contributed by atoms with E-state index in [1.54, 1.807) is 0 Å². The molecule has 1 aromatic carbocycles. The Bertz CT molecular complexity index is 268. The van der Waals surface area contributed by atoms with Gasteiger partial charge in [-0.15, -0.1) is 0 Å². The van der Waals surface area contributed by atoms with Gasteiger partial charge in [0.1, 0.15) is 0 Å². The minimum Gasteiger partial charge on any atom is -0.371 e. The summed E-state index contributed by atoms with van der Waals surface area (Å²) in [4.78, 5) is 2.46. The standard InChI is InChI=1S/C11H15IN2/c12-13-10-6-8-14(9-7-10)11-4-2-1-3-5-11/h1-5,10,13H,6-9H2. The molecule has 0 spiro atoms. The quantitative estimate of drug-likeness (QED) is 0.667. The second-order valence-electron chi connectivity index (χ2n) is 3.71. The highest BCUT2D eigenvalue weighted by Crippen LogP contribution is 2.19. The van der Waals surface area contributed by atoms with E-state index in [1.807, 2.05) is 0 Å². The summed E-state index contributed by atoms with van der Waals surface area (Å²) in [6, 6.07) is 11.4. The van der Waals surface area contributed by atoms with Gasteiger partial charge in [-0.1, -0.05) is 18.2 Å². The van der Waals surface area contributed by atoms with E-state index in [0.29, 0.717) is 6.04 Å². The van der Waals surface area contributed by atoms with Crippen molar-refractivity contribution in [3.05, 3.63) is 30.3 Å². The van der Waals surface area contributed by atoms with Gasteiger partial charge in [-0.3, -0.25) is 3.53 Å². The first-order valence-electron chi connectivity index (χ1n) is 5.06. The van der Waals surface area contributed by atoms with Crippen LogP contribution >= 0.6 is 22.9 Å². The van der Waals surface area contributed by atoms with Gasteiger partial charge in [0.15, 0.2) is 0 Å². The Morgan fingerprint density at radius 3 is 2.36 bits per heavy atom. The maximum Gasteiger partial charge on any atom is 0.0366 e. The zero-order valence-electron chi connectivity index (χ0n) is 8.12. The predicted octanol–water partition coefficient (Wildman–Crippen LogP) is 2.60. The third-order valence-electron chi connectivity index (χ3n) is 2.77. The molecule has 1 fully saturated rings. The van der Waals surface area contributed by atoms with Gasteiger partial charge < -0.3 is 4.90 Å². The number of benzene rings is 1. The van der Waals surface area contributed by atoms with Gasteiger partial charge in [0.25, 0.3) is 0 Å². The third-order valence-corrected chi connectivity index (χ3v) is 3.65. The zero-order valence-corrected chi connectivity index (χ0v) is 10.3. The molecular formula is C11H15IN2. The molecule has 76 valence electrons. The molecular weight excluding hydrogens is 287 g/mol. The van der Waals surface area contributed by atoms with Gasteiger partial charge in [-0.2, -0.15) is 0 Å². The molecule has 1 heterocycles. The van der Waals surface area contributed by atoms with E-state index in [0.717, 1.165) is 0 Å². The van der Waals surface area contributed by atoms with Crippen LogP contribution in [-0.4, -0.2) is 19.1 Å². The van der Waals surface area contributed by atoms with E-state index in [9.17, 15) is 0 Å². The van der Waals surface area contributed by atoms with Crippen molar-refractivity contribution < 1.29 is 0 Å². The van der Waals surface area contributed by atoms with Crippen molar-refractivity contribution in [2.24, 2.45) is 0 Å². The molecule has 14 heavy (non-hydrogen) atoms. The minimum atomic E-state index is 0.704. The Kier molecular flexibility index (Phi) is 3.64. The molecule has 0 saturated carbocycles. The number of rotatable bonds is 2. The summed E-state index contributed by atoms with van der Waals surface area (Å²) in [5.41, 5.74) is 1.36. The van der Waals surface area contributed by atoms with Crippen molar-refractivity contribution in [2.45, 2.75) is 18.9 Å². The summed E-state index contributed by atoms with van der Waals surface area (Å²) in [6.45, 7) is 2.34. The molecule has 1 saturated heterocycles.